The van der Waals surface area contributed by atoms with Crippen LogP contribution in [0.1, 0.15) is 12.8 Å². The number of fused-ring (bicyclic) bond motifs is 1. The van der Waals surface area contributed by atoms with Gasteiger partial charge in [0.2, 0.25) is 5.91 Å². The summed E-state index contributed by atoms with van der Waals surface area (Å²) >= 11 is 0. The smallest absolute Gasteiger partial charge is 0.271 e. The molecule has 0 aliphatic carbocycles. The molecule has 0 saturated heterocycles. The molecule has 4 rings (SSSR count). The van der Waals surface area contributed by atoms with E-state index in [4.69, 9.17) is 0 Å². The van der Waals surface area contributed by atoms with Gasteiger partial charge in [0.1, 0.15) is 11.1 Å². The van der Waals surface area contributed by atoms with Gasteiger partial charge in [0, 0.05) is 25.6 Å². The molecule has 136 valence electrons. The fourth-order valence-electron chi connectivity index (χ4n) is 2.77. The molecular weight excluding hydrogens is 350 g/mol. The third kappa shape index (κ3) is 3.08. The standard InChI is InChI=1S/C17H15N7O3/c1-23-14(25)7-6-13(22-23)17(27)21-10-2-4-11(5-3-10)24-15-12(8-20-24)16(26)19-9-18-15/h2-5,8-9H,6-7H2,1H3,(H,21,27)(H,18,19,26). The Bertz CT molecular complexity index is 1130. The number of nitrogens with zero attached hydrogens (tertiary/aromatic N) is 5. The highest BCUT2D eigenvalue weighted by molar-refractivity contribution is 6.43. The highest BCUT2D eigenvalue weighted by Gasteiger charge is 2.22. The molecule has 0 atom stereocenters. The van der Waals surface area contributed by atoms with Crippen molar-refractivity contribution in [2.24, 2.45) is 5.10 Å². The Hall–Kier alpha value is -3.82. The van der Waals surface area contributed by atoms with Crippen LogP contribution in [-0.4, -0.2) is 49.3 Å². The molecule has 0 bridgehead atoms. The molecule has 10 heteroatoms. The lowest BCUT2D eigenvalue weighted by atomic mass is 10.1. The van der Waals surface area contributed by atoms with E-state index in [1.54, 1.807) is 28.9 Å². The third-order valence-corrected chi connectivity index (χ3v) is 4.21. The lowest BCUT2D eigenvalue weighted by molar-refractivity contribution is -0.130. The fraction of sp³-hybridized carbons (Fsp3) is 0.176. The summed E-state index contributed by atoms with van der Waals surface area (Å²) in [5.41, 5.74) is 1.77. The summed E-state index contributed by atoms with van der Waals surface area (Å²) < 4.78 is 1.54. The minimum absolute atomic E-state index is 0.116. The van der Waals surface area contributed by atoms with Crippen molar-refractivity contribution >= 4 is 34.2 Å². The van der Waals surface area contributed by atoms with Gasteiger partial charge in [-0.05, 0) is 24.3 Å². The Morgan fingerprint density at radius 2 is 1.96 bits per heavy atom. The number of H-pyrrole nitrogens is 1. The Labute approximate surface area is 152 Å². The number of rotatable bonds is 3. The van der Waals surface area contributed by atoms with E-state index in [1.165, 1.54) is 24.6 Å². The van der Waals surface area contributed by atoms with Gasteiger partial charge in [-0.2, -0.15) is 10.2 Å². The van der Waals surface area contributed by atoms with Crippen LogP contribution in [0.25, 0.3) is 16.7 Å². The fourth-order valence-corrected chi connectivity index (χ4v) is 2.77. The van der Waals surface area contributed by atoms with Crippen LogP contribution in [0.2, 0.25) is 0 Å². The van der Waals surface area contributed by atoms with Gasteiger partial charge in [-0.3, -0.25) is 14.4 Å². The van der Waals surface area contributed by atoms with Crippen molar-refractivity contribution in [1.82, 2.24) is 24.8 Å². The van der Waals surface area contributed by atoms with Gasteiger partial charge in [0.25, 0.3) is 11.5 Å². The number of amides is 2. The molecule has 1 aromatic carbocycles. The second kappa shape index (κ2) is 6.48. The van der Waals surface area contributed by atoms with E-state index in [2.05, 4.69) is 25.5 Å². The SMILES string of the molecule is CN1N=C(C(=O)Nc2ccc(-n3ncc4c(=O)[nH]cnc43)cc2)CCC1=O. The summed E-state index contributed by atoms with van der Waals surface area (Å²) in [6.45, 7) is 0. The van der Waals surface area contributed by atoms with Crippen LogP contribution in [0.4, 0.5) is 5.69 Å². The molecule has 0 saturated carbocycles. The molecule has 10 nitrogen and oxygen atoms in total. The Balaban J connectivity index is 1.55. The summed E-state index contributed by atoms with van der Waals surface area (Å²) in [4.78, 5) is 42.2. The normalized spacial score (nSPS) is 14.3. The molecule has 2 N–H and O–H groups in total. The van der Waals surface area contributed by atoms with Crippen LogP contribution in [0.3, 0.4) is 0 Å². The lowest BCUT2D eigenvalue weighted by Crippen LogP contribution is -2.34. The Morgan fingerprint density at radius 1 is 1.19 bits per heavy atom. The van der Waals surface area contributed by atoms with E-state index in [0.717, 1.165) is 0 Å². The maximum absolute atomic E-state index is 12.3. The van der Waals surface area contributed by atoms with Crippen molar-refractivity contribution in [2.75, 3.05) is 12.4 Å². The maximum atomic E-state index is 12.3. The van der Waals surface area contributed by atoms with Crippen molar-refractivity contribution < 1.29 is 9.59 Å². The number of carbonyl (C=O) groups is 2. The van der Waals surface area contributed by atoms with E-state index in [-0.39, 0.29) is 23.8 Å². The van der Waals surface area contributed by atoms with Crippen molar-refractivity contribution in [3.63, 3.8) is 0 Å². The highest BCUT2D eigenvalue weighted by Crippen LogP contribution is 2.17. The number of nitrogens with one attached hydrogen (secondary N) is 2. The van der Waals surface area contributed by atoms with E-state index < -0.39 is 0 Å². The van der Waals surface area contributed by atoms with Gasteiger partial charge in [-0.1, -0.05) is 0 Å². The summed E-state index contributed by atoms with van der Waals surface area (Å²) in [6, 6.07) is 6.94. The van der Waals surface area contributed by atoms with Crippen LogP contribution < -0.4 is 10.9 Å². The monoisotopic (exact) mass is 365 g/mol. The predicted octanol–water partition coefficient (Wildman–Crippen LogP) is 0.655. The number of hydrogen-bond donors (Lipinski definition) is 2. The summed E-state index contributed by atoms with van der Waals surface area (Å²) in [7, 11) is 1.52. The summed E-state index contributed by atoms with van der Waals surface area (Å²) in [5, 5.41) is 12.5. The number of hydrazone groups is 1. The van der Waals surface area contributed by atoms with Gasteiger partial charge < -0.3 is 10.3 Å². The molecule has 1 aliphatic rings. The van der Waals surface area contributed by atoms with Crippen molar-refractivity contribution in [3.8, 4) is 5.69 Å². The maximum Gasteiger partial charge on any atom is 0.271 e. The molecule has 0 radical (unpaired) electrons. The zero-order valence-corrected chi connectivity index (χ0v) is 14.3. The van der Waals surface area contributed by atoms with Crippen molar-refractivity contribution in [1.29, 1.82) is 0 Å². The van der Waals surface area contributed by atoms with Gasteiger partial charge in [0.15, 0.2) is 5.65 Å². The van der Waals surface area contributed by atoms with Gasteiger partial charge in [-0.25, -0.2) is 14.7 Å². The van der Waals surface area contributed by atoms with Gasteiger partial charge in [0.05, 0.1) is 18.2 Å². The molecule has 1 aliphatic heterocycles. The second-order valence-corrected chi connectivity index (χ2v) is 5.99. The third-order valence-electron chi connectivity index (χ3n) is 4.21. The average molecular weight is 365 g/mol. The predicted molar refractivity (Wildman–Crippen MR) is 97.6 cm³/mol. The molecule has 2 aromatic heterocycles. The molecule has 0 unspecified atom stereocenters. The first-order chi connectivity index (χ1) is 13.0. The van der Waals surface area contributed by atoms with Gasteiger partial charge >= 0.3 is 0 Å². The zero-order valence-electron chi connectivity index (χ0n) is 14.3. The van der Waals surface area contributed by atoms with Gasteiger partial charge in [-0.15, -0.1) is 0 Å². The lowest BCUT2D eigenvalue weighted by Gasteiger charge is -2.18. The van der Waals surface area contributed by atoms with Crippen molar-refractivity contribution in [3.05, 3.63) is 47.1 Å². The van der Waals surface area contributed by atoms with Crippen LogP contribution in [0, 0.1) is 0 Å². The molecule has 2 amide bonds. The number of aromatic nitrogens is 4. The molecular formula is C17H15N7O3. The Morgan fingerprint density at radius 3 is 2.70 bits per heavy atom. The molecule has 3 heterocycles. The number of benzene rings is 1. The summed E-state index contributed by atoms with van der Waals surface area (Å²) in [6.07, 6.45) is 3.35. The summed E-state index contributed by atoms with van der Waals surface area (Å²) in [5.74, 6) is -0.463. The molecule has 3 aromatic rings. The number of carbonyl (C=O) groups excluding carboxylic acids is 2. The molecule has 27 heavy (non-hydrogen) atoms. The first kappa shape index (κ1) is 16.6. The highest BCUT2D eigenvalue weighted by atomic mass is 16.2. The molecule has 0 spiro atoms. The van der Waals surface area contributed by atoms with E-state index >= 15 is 0 Å². The zero-order chi connectivity index (χ0) is 19.0. The van der Waals surface area contributed by atoms with E-state index in [0.29, 0.717) is 34.5 Å². The number of aromatic amines is 1. The number of anilines is 1. The minimum Gasteiger partial charge on any atom is -0.321 e. The first-order valence-electron chi connectivity index (χ1n) is 8.20. The first-order valence-corrected chi connectivity index (χ1v) is 8.20. The Kier molecular flexibility index (Phi) is 3.99. The van der Waals surface area contributed by atoms with Crippen LogP contribution >= 0.6 is 0 Å². The van der Waals surface area contributed by atoms with Crippen LogP contribution in [0.15, 0.2) is 46.7 Å². The van der Waals surface area contributed by atoms with E-state index in [9.17, 15) is 14.4 Å². The molecule has 0 fully saturated rings. The van der Waals surface area contributed by atoms with Crippen molar-refractivity contribution in [2.45, 2.75) is 12.8 Å². The average Bonchev–Trinajstić information content (AvgIpc) is 3.10. The van der Waals surface area contributed by atoms with E-state index in [1.807, 2.05) is 0 Å². The topological polar surface area (TPSA) is 125 Å². The largest absolute Gasteiger partial charge is 0.321 e. The van der Waals surface area contributed by atoms with Crippen LogP contribution in [0.5, 0.6) is 0 Å². The number of hydrogen-bond acceptors (Lipinski definition) is 6. The second-order valence-electron chi connectivity index (χ2n) is 5.99. The van der Waals surface area contributed by atoms with Crippen LogP contribution in [-0.2, 0) is 9.59 Å². The quantitative estimate of drug-likeness (QED) is 0.705. The minimum atomic E-state index is -0.347.